The Bertz CT molecular complexity index is 570. The van der Waals surface area contributed by atoms with Crippen molar-refractivity contribution < 1.29 is 9.84 Å². The van der Waals surface area contributed by atoms with Gasteiger partial charge in [0.15, 0.2) is 5.11 Å². The number of benzene rings is 1. The molecule has 0 saturated carbocycles. The van der Waals surface area contributed by atoms with E-state index in [9.17, 15) is 5.11 Å². The molecule has 0 aromatic heterocycles. The van der Waals surface area contributed by atoms with Gasteiger partial charge in [0.25, 0.3) is 0 Å². The van der Waals surface area contributed by atoms with Crippen LogP contribution in [-0.2, 0) is 4.74 Å². The van der Waals surface area contributed by atoms with Gasteiger partial charge < -0.3 is 20.1 Å². The van der Waals surface area contributed by atoms with Gasteiger partial charge in [-0.15, -0.1) is 0 Å². The molecule has 1 fully saturated rings. The van der Waals surface area contributed by atoms with E-state index in [1.54, 1.807) is 12.3 Å². The molecule has 0 spiro atoms. The van der Waals surface area contributed by atoms with E-state index in [1.165, 1.54) is 0 Å². The number of hydrogen-bond acceptors (Lipinski definition) is 5. The normalized spacial score (nSPS) is 17.2. The number of nitrogens with zero attached hydrogens (tertiary/aromatic N) is 2. The molecule has 0 bridgehead atoms. The van der Waals surface area contributed by atoms with Gasteiger partial charge >= 0.3 is 0 Å². The Kier molecular flexibility index (Phi) is 7.27. The topological polar surface area (TPSA) is 69.1 Å². The SMILES string of the molecule is CCN(CC)c1ccc(/C=N/NC(=S)NC[C@H]2CCCO2)c(O)c1. The van der Waals surface area contributed by atoms with Gasteiger partial charge in [-0.05, 0) is 51.0 Å². The third-order valence-electron chi connectivity index (χ3n) is 4.03. The zero-order valence-corrected chi connectivity index (χ0v) is 15.1. The second kappa shape index (κ2) is 9.44. The average Bonchev–Trinajstić information content (AvgIpc) is 3.09. The first-order valence-electron chi connectivity index (χ1n) is 8.40. The number of hydrogen-bond donors (Lipinski definition) is 3. The molecule has 3 N–H and O–H groups in total. The van der Waals surface area contributed by atoms with Crippen molar-refractivity contribution in [3.63, 3.8) is 0 Å². The van der Waals surface area contributed by atoms with Gasteiger partial charge in [-0.1, -0.05) is 0 Å². The number of aromatic hydroxyl groups is 1. The third kappa shape index (κ3) is 5.35. The summed E-state index contributed by atoms with van der Waals surface area (Å²) in [6.07, 6.45) is 3.95. The molecular weight excluding hydrogens is 324 g/mol. The molecule has 0 amide bonds. The van der Waals surface area contributed by atoms with E-state index in [-0.39, 0.29) is 11.9 Å². The van der Waals surface area contributed by atoms with Crippen molar-refractivity contribution in [2.45, 2.75) is 32.8 Å². The Morgan fingerprint density at radius 1 is 1.46 bits per heavy atom. The molecule has 1 aliphatic heterocycles. The lowest BCUT2D eigenvalue weighted by Gasteiger charge is -2.21. The van der Waals surface area contributed by atoms with Crippen molar-refractivity contribution in [2.24, 2.45) is 5.10 Å². The van der Waals surface area contributed by atoms with Crippen LogP contribution in [0.3, 0.4) is 0 Å². The van der Waals surface area contributed by atoms with Crippen LogP contribution in [0.1, 0.15) is 32.3 Å². The van der Waals surface area contributed by atoms with Crippen molar-refractivity contribution in [2.75, 3.05) is 31.1 Å². The number of anilines is 1. The van der Waals surface area contributed by atoms with Crippen molar-refractivity contribution in [1.29, 1.82) is 0 Å². The maximum atomic E-state index is 10.1. The van der Waals surface area contributed by atoms with Gasteiger partial charge in [0.2, 0.25) is 0 Å². The minimum Gasteiger partial charge on any atom is -0.507 e. The molecule has 1 saturated heterocycles. The van der Waals surface area contributed by atoms with Crippen LogP contribution in [0.15, 0.2) is 23.3 Å². The molecule has 1 aromatic carbocycles. The Balaban J connectivity index is 1.83. The summed E-state index contributed by atoms with van der Waals surface area (Å²) in [5, 5.41) is 17.7. The molecule has 1 heterocycles. The highest BCUT2D eigenvalue weighted by Crippen LogP contribution is 2.23. The van der Waals surface area contributed by atoms with E-state index in [1.807, 2.05) is 12.1 Å². The molecule has 24 heavy (non-hydrogen) atoms. The standard InChI is InChI=1S/C17H26N4O2S/c1-3-21(4-2)14-8-7-13(16(22)10-14)11-19-20-17(24)18-12-15-6-5-9-23-15/h7-8,10-11,15,22H,3-6,9,12H2,1-2H3,(H2,18,20,24)/b19-11+/t15-/m1/s1. The van der Waals surface area contributed by atoms with Crippen molar-refractivity contribution in [3.05, 3.63) is 23.8 Å². The number of rotatable bonds is 7. The molecule has 2 rings (SSSR count). The highest BCUT2D eigenvalue weighted by atomic mass is 32.1. The van der Waals surface area contributed by atoms with Gasteiger partial charge in [-0.2, -0.15) is 5.10 Å². The Labute approximate surface area is 148 Å². The molecule has 132 valence electrons. The second-order valence-electron chi connectivity index (χ2n) is 5.63. The van der Waals surface area contributed by atoms with E-state index in [0.29, 0.717) is 17.2 Å². The van der Waals surface area contributed by atoms with Crippen molar-refractivity contribution >= 4 is 29.2 Å². The summed E-state index contributed by atoms with van der Waals surface area (Å²) in [6.45, 7) is 7.48. The zero-order chi connectivity index (χ0) is 17.4. The van der Waals surface area contributed by atoms with Crippen LogP contribution in [0.4, 0.5) is 5.69 Å². The lowest BCUT2D eigenvalue weighted by Crippen LogP contribution is -2.37. The number of hydrazone groups is 1. The number of nitrogens with one attached hydrogen (secondary N) is 2. The summed E-state index contributed by atoms with van der Waals surface area (Å²) in [6, 6.07) is 5.57. The summed E-state index contributed by atoms with van der Waals surface area (Å²) in [7, 11) is 0. The Morgan fingerprint density at radius 3 is 2.88 bits per heavy atom. The van der Waals surface area contributed by atoms with Gasteiger partial charge in [-0.3, -0.25) is 5.43 Å². The maximum absolute atomic E-state index is 10.1. The van der Waals surface area contributed by atoms with Crippen LogP contribution in [0.2, 0.25) is 0 Å². The number of phenols is 1. The quantitative estimate of drug-likeness (QED) is 0.398. The predicted octanol–water partition coefficient (Wildman–Crippen LogP) is 2.22. The summed E-state index contributed by atoms with van der Waals surface area (Å²) >= 11 is 5.16. The molecule has 0 radical (unpaired) electrons. The first-order chi connectivity index (χ1) is 11.6. The Morgan fingerprint density at radius 2 is 2.25 bits per heavy atom. The lowest BCUT2D eigenvalue weighted by atomic mass is 10.2. The van der Waals surface area contributed by atoms with Gasteiger partial charge in [0, 0.05) is 43.6 Å². The molecule has 1 atom stereocenters. The summed E-state index contributed by atoms with van der Waals surface area (Å²) in [5.74, 6) is 0.197. The van der Waals surface area contributed by atoms with Gasteiger partial charge in [0.05, 0.1) is 12.3 Å². The molecule has 1 aromatic rings. The third-order valence-corrected chi connectivity index (χ3v) is 4.26. The second-order valence-corrected chi connectivity index (χ2v) is 6.04. The Hall–Kier alpha value is -1.86. The predicted molar refractivity (Wildman–Crippen MR) is 102 cm³/mol. The molecular formula is C17H26N4O2S. The van der Waals surface area contributed by atoms with E-state index in [0.717, 1.165) is 38.2 Å². The fraction of sp³-hybridized carbons (Fsp3) is 0.529. The number of phenolic OH excluding ortho intramolecular Hbond substituents is 1. The molecule has 1 aliphatic rings. The first kappa shape index (κ1) is 18.5. The minimum atomic E-state index is 0.197. The maximum Gasteiger partial charge on any atom is 0.187 e. The van der Waals surface area contributed by atoms with Crippen LogP contribution >= 0.6 is 12.2 Å². The first-order valence-corrected chi connectivity index (χ1v) is 8.81. The summed E-state index contributed by atoms with van der Waals surface area (Å²) < 4.78 is 5.52. The largest absolute Gasteiger partial charge is 0.507 e. The van der Waals surface area contributed by atoms with Gasteiger partial charge in [0.1, 0.15) is 5.75 Å². The number of ether oxygens (including phenoxy) is 1. The molecule has 0 aliphatic carbocycles. The smallest absolute Gasteiger partial charge is 0.187 e. The highest BCUT2D eigenvalue weighted by molar-refractivity contribution is 7.80. The lowest BCUT2D eigenvalue weighted by molar-refractivity contribution is 0.114. The van der Waals surface area contributed by atoms with Crippen LogP contribution in [-0.4, -0.2) is 48.8 Å². The molecule has 0 unspecified atom stereocenters. The van der Waals surface area contributed by atoms with Crippen LogP contribution < -0.4 is 15.6 Å². The van der Waals surface area contributed by atoms with Crippen LogP contribution in [0, 0.1) is 0 Å². The van der Waals surface area contributed by atoms with Crippen molar-refractivity contribution in [3.8, 4) is 5.75 Å². The average molecular weight is 350 g/mol. The minimum absolute atomic E-state index is 0.197. The van der Waals surface area contributed by atoms with E-state index < -0.39 is 0 Å². The number of thiocarbonyl (C=S) groups is 1. The van der Waals surface area contributed by atoms with Gasteiger partial charge in [-0.25, -0.2) is 0 Å². The highest BCUT2D eigenvalue weighted by Gasteiger charge is 2.15. The monoisotopic (exact) mass is 350 g/mol. The van der Waals surface area contributed by atoms with E-state index in [2.05, 4.69) is 34.6 Å². The van der Waals surface area contributed by atoms with Crippen molar-refractivity contribution in [1.82, 2.24) is 10.7 Å². The fourth-order valence-corrected chi connectivity index (χ4v) is 2.77. The van der Waals surface area contributed by atoms with Crippen LogP contribution in [0.25, 0.3) is 0 Å². The molecule has 7 heteroatoms. The van der Waals surface area contributed by atoms with E-state index in [4.69, 9.17) is 17.0 Å². The van der Waals surface area contributed by atoms with Crippen LogP contribution in [0.5, 0.6) is 5.75 Å². The molecule has 6 nitrogen and oxygen atoms in total. The summed E-state index contributed by atoms with van der Waals surface area (Å²) in [4.78, 5) is 2.17. The summed E-state index contributed by atoms with van der Waals surface area (Å²) in [5.41, 5.74) is 4.39. The zero-order valence-electron chi connectivity index (χ0n) is 14.3. The van der Waals surface area contributed by atoms with E-state index >= 15 is 0 Å². The fourth-order valence-electron chi connectivity index (χ4n) is 2.64.